The first kappa shape index (κ1) is 22.6. The van der Waals surface area contributed by atoms with Crippen LogP contribution in [0.2, 0.25) is 0 Å². The van der Waals surface area contributed by atoms with Gasteiger partial charge in [0.05, 0.1) is 30.0 Å². The number of fused-ring (bicyclic) bond motifs is 1. The molecule has 2 aromatic carbocycles. The molecule has 5 nitrogen and oxygen atoms in total. The van der Waals surface area contributed by atoms with Crippen LogP contribution in [0.3, 0.4) is 0 Å². The second kappa shape index (κ2) is 10.8. The number of ether oxygens (including phenoxy) is 2. The normalized spacial score (nSPS) is 16.0. The van der Waals surface area contributed by atoms with Crippen molar-refractivity contribution in [1.29, 1.82) is 0 Å². The fourth-order valence-electron chi connectivity index (χ4n) is 3.50. The Hall–Kier alpha value is -1.61. The van der Waals surface area contributed by atoms with Crippen molar-refractivity contribution in [3.8, 4) is 5.75 Å². The highest BCUT2D eigenvalue weighted by molar-refractivity contribution is 9.10. The fraction of sp³-hybridized carbons (Fsp3) is 0.391. The summed E-state index contributed by atoms with van der Waals surface area (Å²) in [5.74, 6) is 1.86. The molecule has 4 rings (SSSR count). The number of halogens is 1. The number of methoxy groups -OCH3 is 1. The summed E-state index contributed by atoms with van der Waals surface area (Å²) in [5.41, 5.74) is 0.920. The van der Waals surface area contributed by atoms with Crippen molar-refractivity contribution < 1.29 is 14.3 Å². The van der Waals surface area contributed by atoms with Gasteiger partial charge < -0.3 is 9.47 Å². The Balaban J connectivity index is 1.39. The molecule has 1 amide bonds. The summed E-state index contributed by atoms with van der Waals surface area (Å²) in [7, 11) is 1.67. The van der Waals surface area contributed by atoms with Gasteiger partial charge in [-0.1, -0.05) is 27.3 Å². The average molecular weight is 522 g/mol. The molecule has 31 heavy (non-hydrogen) atoms. The maximum absolute atomic E-state index is 13.2. The number of hydrogen-bond donors (Lipinski definition) is 0. The van der Waals surface area contributed by atoms with E-state index in [-0.39, 0.29) is 12.0 Å². The molecule has 1 saturated heterocycles. The summed E-state index contributed by atoms with van der Waals surface area (Å²) in [6.07, 6.45) is 3.45. The summed E-state index contributed by atoms with van der Waals surface area (Å²) in [6, 6.07) is 14.0. The van der Waals surface area contributed by atoms with E-state index < -0.39 is 0 Å². The molecule has 1 fully saturated rings. The standard InChI is InChI=1S/C23H25BrN2O3S2/c1-28-17-7-9-19(10-8-17)30-13-3-5-22(27)26(15-18-4-2-12-29-18)23-25-20-11-6-16(24)14-21(20)31-23/h6-11,14,18H,2-5,12-13,15H2,1H3. The first-order chi connectivity index (χ1) is 15.1. The van der Waals surface area contributed by atoms with Gasteiger partial charge in [0.25, 0.3) is 0 Å². The molecule has 0 saturated carbocycles. The molecule has 164 valence electrons. The Morgan fingerprint density at radius 3 is 2.90 bits per heavy atom. The maximum Gasteiger partial charge on any atom is 0.228 e. The summed E-state index contributed by atoms with van der Waals surface area (Å²) in [6.45, 7) is 1.35. The number of carbonyl (C=O) groups is 1. The van der Waals surface area contributed by atoms with E-state index in [9.17, 15) is 4.79 Å². The lowest BCUT2D eigenvalue weighted by molar-refractivity contribution is -0.119. The number of carbonyl (C=O) groups excluding carboxylic acids is 1. The third-order valence-corrected chi connectivity index (χ3v) is 7.78. The average Bonchev–Trinajstić information content (AvgIpc) is 3.44. The Labute approximate surface area is 199 Å². The minimum atomic E-state index is 0.0939. The molecular weight excluding hydrogens is 496 g/mol. The van der Waals surface area contributed by atoms with E-state index in [1.165, 1.54) is 4.90 Å². The van der Waals surface area contributed by atoms with Crippen molar-refractivity contribution in [2.45, 2.75) is 36.7 Å². The fourth-order valence-corrected chi connectivity index (χ4v) is 5.90. The minimum Gasteiger partial charge on any atom is -0.497 e. The zero-order valence-electron chi connectivity index (χ0n) is 17.4. The first-order valence-corrected chi connectivity index (χ1v) is 13.0. The monoisotopic (exact) mass is 520 g/mol. The highest BCUT2D eigenvalue weighted by Gasteiger charge is 2.26. The molecule has 1 aliphatic rings. The van der Waals surface area contributed by atoms with Crippen LogP contribution in [-0.4, -0.2) is 43.0 Å². The smallest absolute Gasteiger partial charge is 0.228 e. The van der Waals surface area contributed by atoms with Crippen LogP contribution >= 0.6 is 39.0 Å². The zero-order chi connectivity index (χ0) is 21.6. The van der Waals surface area contributed by atoms with E-state index in [0.29, 0.717) is 13.0 Å². The number of thiazole rings is 1. The summed E-state index contributed by atoms with van der Waals surface area (Å²) in [5, 5.41) is 0.761. The van der Waals surface area contributed by atoms with Crippen LogP contribution < -0.4 is 9.64 Å². The number of hydrogen-bond acceptors (Lipinski definition) is 6. The van der Waals surface area contributed by atoms with Gasteiger partial charge >= 0.3 is 0 Å². The van der Waals surface area contributed by atoms with Crippen molar-refractivity contribution >= 4 is 60.3 Å². The number of aromatic nitrogens is 1. The van der Waals surface area contributed by atoms with Gasteiger partial charge in [0.2, 0.25) is 5.91 Å². The Kier molecular flexibility index (Phi) is 7.87. The van der Waals surface area contributed by atoms with Crippen molar-refractivity contribution in [2.24, 2.45) is 0 Å². The molecule has 1 atom stereocenters. The number of rotatable bonds is 9. The number of anilines is 1. The zero-order valence-corrected chi connectivity index (χ0v) is 20.6. The van der Waals surface area contributed by atoms with Gasteiger partial charge in [-0.05, 0) is 67.5 Å². The van der Waals surface area contributed by atoms with E-state index in [4.69, 9.17) is 14.5 Å². The van der Waals surface area contributed by atoms with Gasteiger partial charge in [0.1, 0.15) is 5.75 Å². The summed E-state index contributed by atoms with van der Waals surface area (Å²) >= 11 is 6.84. The topological polar surface area (TPSA) is 51.7 Å². The second-order valence-electron chi connectivity index (χ2n) is 7.38. The Bertz CT molecular complexity index is 1020. The quantitative estimate of drug-likeness (QED) is 0.250. The summed E-state index contributed by atoms with van der Waals surface area (Å²) in [4.78, 5) is 20.9. The van der Waals surface area contributed by atoms with Crippen molar-refractivity contribution in [3.63, 3.8) is 0 Å². The van der Waals surface area contributed by atoms with Gasteiger partial charge in [-0.15, -0.1) is 11.8 Å². The SMILES string of the molecule is COc1ccc(SCCCC(=O)N(CC2CCCO2)c2nc3ccc(Br)cc3s2)cc1. The van der Waals surface area contributed by atoms with Crippen LogP contribution in [0.5, 0.6) is 5.75 Å². The molecule has 0 N–H and O–H groups in total. The van der Waals surface area contributed by atoms with Crippen molar-refractivity contribution in [1.82, 2.24) is 4.98 Å². The number of thioether (sulfide) groups is 1. The van der Waals surface area contributed by atoms with E-state index in [1.54, 1.807) is 30.2 Å². The maximum atomic E-state index is 13.2. The van der Waals surface area contributed by atoms with Crippen LogP contribution in [0, 0.1) is 0 Å². The van der Waals surface area contributed by atoms with E-state index in [2.05, 4.69) is 22.0 Å². The molecular formula is C23H25BrN2O3S2. The minimum absolute atomic E-state index is 0.0939. The molecule has 0 aliphatic carbocycles. The van der Waals surface area contributed by atoms with Gasteiger partial charge in [0.15, 0.2) is 5.13 Å². The Morgan fingerprint density at radius 1 is 1.32 bits per heavy atom. The number of nitrogens with zero attached hydrogens (tertiary/aromatic N) is 2. The van der Waals surface area contributed by atoms with Crippen LogP contribution in [0.4, 0.5) is 5.13 Å². The number of amides is 1. The van der Waals surface area contributed by atoms with Crippen LogP contribution in [0.15, 0.2) is 51.8 Å². The van der Waals surface area contributed by atoms with E-state index in [0.717, 1.165) is 57.2 Å². The molecule has 1 aromatic heterocycles. The second-order valence-corrected chi connectivity index (χ2v) is 10.5. The lowest BCUT2D eigenvalue weighted by Gasteiger charge is -2.23. The highest BCUT2D eigenvalue weighted by Crippen LogP contribution is 2.32. The highest BCUT2D eigenvalue weighted by atomic mass is 79.9. The molecule has 1 aliphatic heterocycles. The molecule has 0 bridgehead atoms. The van der Waals surface area contributed by atoms with Crippen LogP contribution in [0.1, 0.15) is 25.7 Å². The van der Waals surface area contributed by atoms with Gasteiger partial charge in [-0.2, -0.15) is 0 Å². The molecule has 0 radical (unpaired) electrons. The van der Waals surface area contributed by atoms with Crippen LogP contribution in [0.25, 0.3) is 10.2 Å². The molecule has 0 spiro atoms. The van der Waals surface area contributed by atoms with Gasteiger partial charge in [-0.3, -0.25) is 9.69 Å². The predicted molar refractivity (Wildman–Crippen MR) is 132 cm³/mol. The van der Waals surface area contributed by atoms with E-state index in [1.807, 2.05) is 41.3 Å². The lowest BCUT2D eigenvalue weighted by Crippen LogP contribution is -2.37. The van der Waals surface area contributed by atoms with Crippen molar-refractivity contribution in [2.75, 3.05) is 30.9 Å². The predicted octanol–water partition coefficient (Wildman–Crippen LogP) is 6.15. The van der Waals surface area contributed by atoms with Gasteiger partial charge in [-0.25, -0.2) is 4.98 Å². The molecule has 2 heterocycles. The Morgan fingerprint density at radius 2 is 2.16 bits per heavy atom. The lowest BCUT2D eigenvalue weighted by atomic mass is 10.2. The van der Waals surface area contributed by atoms with Crippen LogP contribution in [-0.2, 0) is 9.53 Å². The first-order valence-electron chi connectivity index (χ1n) is 10.4. The van der Waals surface area contributed by atoms with Gasteiger partial charge in [0, 0.05) is 22.4 Å². The third-order valence-electron chi connectivity index (χ3n) is 5.14. The largest absolute Gasteiger partial charge is 0.497 e. The van der Waals surface area contributed by atoms with E-state index >= 15 is 0 Å². The molecule has 3 aromatic rings. The molecule has 1 unspecified atom stereocenters. The van der Waals surface area contributed by atoms with Crippen molar-refractivity contribution in [3.05, 3.63) is 46.9 Å². The third kappa shape index (κ3) is 6.00. The number of benzene rings is 2. The summed E-state index contributed by atoms with van der Waals surface area (Å²) < 4.78 is 13.1. The molecule has 8 heteroatoms.